The summed E-state index contributed by atoms with van der Waals surface area (Å²) in [7, 11) is 0. The molecule has 1 saturated heterocycles. The van der Waals surface area contributed by atoms with Gasteiger partial charge in [-0.15, -0.1) is 0 Å². The summed E-state index contributed by atoms with van der Waals surface area (Å²) in [5.74, 6) is -0.447. The minimum Gasteiger partial charge on any atom is -0.342 e. The molecule has 2 aromatic carbocycles. The summed E-state index contributed by atoms with van der Waals surface area (Å²) >= 11 is 0. The third-order valence-electron chi connectivity index (χ3n) is 5.40. The maximum atomic E-state index is 12.7. The van der Waals surface area contributed by atoms with Gasteiger partial charge in [0.15, 0.2) is 0 Å². The summed E-state index contributed by atoms with van der Waals surface area (Å²) in [6, 6.07) is 14.6. The highest BCUT2D eigenvalue weighted by Gasteiger charge is 2.29. The predicted octanol–water partition coefficient (Wildman–Crippen LogP) is 4.09. The molecule has 1 unspecified atom stereocenters. The van der Waals surface area contributed by atoms with Crippen molar-refractivity contribution in [3.05, 3.63) is 59.7 Å². The van der Waals surface area contributed by atoms with E-state index in [0.29, 0.717) is 37.2 Å². The Hall–Kier alpha value is -3.15. The minimum atomic E-state index is -0.233. The van der Waals surface area contributed by atoms with Gasteiger partial charge in [-0.05, 0) is 49.1 Å². The van der Waals surface area contributed by atoms with Gasteiger partial charge < -0.3 is 15.5 Å². The van der Waals surface area contributed by atoms with Crippen LogP contribution in [0.4, 0.5) is 11.4 Å². The Morgan fingerprint density at radius 1 is 1.07 bits per heavy atom. The van der Waals surface area contributed by atoms with Crippen LogP contribution in [0, 0.1) is 5.92 Å². The van der Waals surface area contributed by atoms with Crippen LogP contribution in [-0.2, 0) is 16.0 Å². The monoisotopic (exact) mass is 407 g/mol. The molecule has 6 nitrogen and oxygen atoms in total. The number of nitrogens with one attached hydrogen (secondary N) is 2. The number of benzene rings is 2. The van der Waals surface area contributed by atoms with E-state index in [1.807, 2.05) is 38.1 Å². The predicted molar refractivity (Wildman–Crippen MR) is 118 cm³/mol. The highest BCUT2D eigenvalue weighted by atomic mass is 16.2. The second kappa shape index (κ2) is 10.1. The molecular weight excluding hydrogens is 378 g/mol. The van der Waals surface area contributed by atoms with E-state index in [4.69, 9.17) is 0 Å². The smallest absolute Gasteiger partial charge is 0.255 e. The average molecular weight is 408 g/mol. The first-order chi connectivity index (χ1) is 14.5. The van der Waals surface area contributed by atoms with E-state index in [0.717, 1.165) is 24.1 Å². The number of hydrogen-bond acceptors (Lipinski definition) is 3. The topological polar surface area (TPSA) is 78.5 Å². The van der Waals surface area contributed by atoms with Crippen molar-refractivity contribution >= 4 is 29.1 Å². The van der Waals surface area contributed by atoms with Gasteiger partial charge in [0.25, 0.3) is 5.91 Å². The van der Waals surface area contributed by atoms with Gasteiger partial charge in [-0.25, -0.2) is 0 Å². The van der Waals surface area contributed by atoms with Crippen molar-refractivity contribution in [2.75, 3.05) is 23.7 Å². The molecule has 0 radical (unpaired) electrons. The zero-order valence-electron chi connectivity index (χ0n) is 17.6. The summed E-state index contributed by atoms with van der Waals surface area (Å²) in [5.41, 5.74) is 2.92. The number of aryl methyl sites for hydroxylation is 1. The second-order valence-corrected chi connectivity index (χ2v) is 7.61. The van der Waals surface area contributed by atoms with Crippen LogP contribution in [0.1, 0.15) is 49.0 Å². The molecule has 2 N–H and O–H groups in total. The molecule has 30 heavy (non-hydrogen) atoms. The van der Waals surface area contributed by atoms with Crippen molar-refractivity contribution in [1.29, 1.82) is 0 Å². The molecule has 0 saturated carbocycles. The number of para-hydroxylation sites is 1. The highest BCUT2D eigenvalue weighted by Crippen LogP contribution is 2.21. The van der Waals surface area contributed by atoms with Crippen LogP contribution in [0.3, 0.4) is 0 Å². The highest BCUT2D eigenvalue weighted by molar-refractivity contribution is 6.05. The number of rotatable bonds is 7. The molecule has 158 valence electrons. The lowest BCUT2D eigenvalue weighted by Crippen LogP contribution is -2.44. The lowest BCUT2D eigenvalue weighted by atomic mass is 9.96. The molecule has 6 heteroatoms. The van der Waals surface area contributed by atoms with Gasteiger partial charge in [0, 0.05) is 36.4 Å². The van der Waals surface area contributed by atoms with Crippen LogP contribution in [0.15, 0.2) is 48.5 Å². The lowest BCUT2D eigenvalue weighted by molar-refractivity contribution is -0.137. The van der Waals surface area contributed by atoms with Crippen molar-refractivity contribution in [3.63, 3.8) is 0 Å². The Labute approximate surface area is 177 Å². The van der Waals surface area contributed by atoms with E-state index in [1.165, 1.54) is 0 Å². The molecule has 0 spiro atoms. The first-order valence-electron chi connectivity index (χ1n) is 10.6. The Balaban J connectivity index is 1.65. The average Bonchev–Trinajstić information content (AvgIpc) is 2.76. The normalized spacial score (nSPS) is 16.3. The number of amides is 3. The molecular formula is C24H29N3O3. The van der Waals surface area contributed by atoms with Gasteiger partial charge in [0.2, 0.25) is 11.8 Å². The van der Waals surface area contributed by atoms with E-state index in [-0.39, 0.29) is 23.6 Å². The number of anilines is 2. The largest absolute Gasteiger partial charge is 0.342 e. The van der Waals surface area contributed by atoms with Crippen LogP contribution in [-0.4, -0.2) is 35.7 Å². The summed E-state index contributed by atoms with van der Waals surface area (Å²) < 4.78 is 0. The van der Waals surface area contributed by atoms with E-state index in [2.05, 4.69) is 10.6 Å². The Bertz CT molecular complexity index is 925. The van der Waals surface area contributed by atoms with Crippen molar-refractivity contribution in [1.82, 2.24) is 4.90 Å². The fourth-order valence-electron chi connectivity index (χ4n) is 3.74. The van der Waals surface area contributed by atoms with Gasteiger partial charge in [0.1, 0.15) is 0 Å². The van der Waals surface area contributed by atoms with Crippen molar-refractivity contribution in [2.24, 2.45) is 5.92 Å². The van der Waals surface area contributed by atoms with Crippen LogP contribution in [0.5, 0.6) is 0 Å². The first-order valence-corrected chi connectivity index (χ1v) is 10.6. The SMILES string of the molecule is CCCN1CC(C(=O)Nc2cccc(C(=O)Nc3ccccc3CC)c2)CCC1=O. The Morgan fingerprint density at radius 3 is 2.63 bits per heavy atom. The molecule has 2 aromatic rings. The Kier molecular flexibility index (Phi) is 7.22. The number of hydrogen-bond donors (Lipinski definition) is 2. The maximum absolute atomic E-state index is 12.7. The molecule has 1 heterocycles. The fourth-order valence-corrected chi connectivity index (χ4v) is 3.74. The molecule has 1 aliphatic heterocycles. The van der Waals surface area contributed by atoms with Gasteiger partial charge in [0.05, 0.1) is 5.92 Å². The number of carbonyl (C=O) groups is 3. The zero-order chi connectivity index (χ0) is 21.5. The van der Waals surface area contributed by atoms with Gasteiger partial charge in [-0.1, -0.05) is 38.1 Å². The molecule has 1 atom stereocenters. The summed E-state index contributed by atoms with van der Waals surface area (Å²) in [6.45, 7) is 5.19. The van der Waals surface area contributed by atoms with Crippen LogP contribution in [0.25, 0.3) is 0 Å². The maximum Gasteiger partial charge on any atom is 0.255 e. The summed E-state index contributed by atoms with van der Waals surface area (Å²) in [6.07, 6.45) is 2.65. The lowest BCUT2D eigenvalue weighted by Gasteiger charge is -2.31. The molecule has 0 bridgehead atoms. The quantitative estimate of drug-likeness (QED) is 0.726. The summed E-state index contributed by atoms with van der Waals surface area (Å²) in [5, 5.41) is 5.86. The van der Waals surface area contributed by atoms with Crippen molar-refractivity contribution < 1.29 is 14.4 Å². The van der Waals surface area contributed by atoms with Crippen LogP contribution in [0.2, 0.25) is 0 Å². The van der Waals surface area contributed by atoms with E-state index in [1.54, 1.807) is 29.2 Å². The second-order valence-electron chi connectivity index (χ2n) is 7.61. The van der Waals surface area contributed by atoms with Crippen LogP contribution < -0.4 is 10.6 Å². The van der Waals surface area contributed by atoms with Gasteiger partial charge >= 0.3 is 0 Å². The standard InChI is InChI=1S/C24H29N3O3/c1-3-14-27-16-19(12-13-22(27)28)24(30)25-20-10-7-9-18(15-20)23(29)26-21-11-6-5-8-17(21)4-2/h5-11,15,19H,3-4,12-14,16H2,1-2H3,(H,25,30)(H,26,29). The first kappa shape index (κ1) is 21.6. The van der Waals surface area contributed by atoms with Gasteiger partial charge in [-0.3, -0.25) is 14.4 Å². The molecule has 1 fully saturated rings. The third-order valence-corrected chi connectivity index (χ3v) is 5.40. The van der Waals surface area contributed by atoms with E-state index >= 15 is 0 Å². The van der Waals surface area contributed by atoms with Crippen LogP contribution >= 0.6 is 0 Å². The van der Waals surface area contributed by atoms with Crippen molar-refractivity contribution in [3.8, 4) is 0 Å². The number of likely N-dealkylation sites (tertiary alicyclic amines) is 1. The molecule has 1 aliphatic rings. The molecule has 3 amide bonds. The third kappa shape index (κ3) is 5.26. The fraction of sp³-hybridized carbons (Fsp3) is 0.375. The van der Waals surface area contributed by atoms with E-state index in [9.17, 15) is 14.4 Å². The molecule has 3 rings (SSSR count). The summed E-state index contributed by atoms with van der Waals surface area (Å²) in [4.78, 5) is 39.2. The van der Waals surface area contributed by atoms with Crippen molar-refractivity contribution in [2.45, 2.75) is 39.5 Å². The number of piperidine rings is 1. The van der Waals surface area contributed by atoms with E-state index < -0.39 is 0 Å². The molecule has 0 aliphatic carbocycles. The number of nitrogens with zero attached hydrogens (tertiary/aromatic N) is 1. The minimum absolute atomic E-state index is 0.113. The molecule has 0 aromatic heterocycles. The zero-order valence-corrected chi connectivity index (χ0v) is 17.6. The Morgan fingerprint density at radius 2 is 1.87 bits per heavy atom. The number of carbonyl (C=O) groups excluding carboxylic acids is 3. The van der Waals surface area contributed by atoms with Gasteiger partial charge in [-0.2, -0.15) is 0 Å².